The molecule has 0 amide bonds. The van der Waals surface area contributed by atoms with Gasteiger partial charge in [0.1, 0.15) is 11.5 Å². The van der Waals surface area contributed by atoms with Gasteiger partial charge in [-0.1, -0.05) is 112 Å². The van der Waals surface area contributed by atoms with E-state index in [0.29, 0.717) is 133 Å². The number of aromatic hydroxyl groups is 6. The number of ether oxygens (including phenoxy) is 10. The molecule has 47 heteroatoms. The molecule has 0 aromatic heterocycles. The van der Waals surface area contributed by atoms with E-state index >= 15 is 0 Å². The monoisotopic (exact) mass is 3650 g/mol. The fourth-order valence-electron chi connectivity index (χ4n) is 9.01. The smallest absolute Gasteiger partial charge is 0.186 e. The summed E-state index contributed by atoms with van der Waals surface area (Å²) in [4.78, 5) is 0. The Bertz CT molecular complexity index is 5940. The largest absolute Gasteiger partial charge is 0.504 e. The van der Waals surface area contributed by atoms with Crippen LogP contribution in [-0.2, 0) is 0 Å². The Hall–Kier alpha value is 2.32. The highest BCUT2D eigenvalue weighted by molar-refractivity contribution is 9.17. The van der Waals surface area contributed by atoms with Crippen LogP contribution in [0.1, 0.15) is 0 Å². The second-order valence-corrected chi connectivity index (χ2v) is 48.7. The lowest BCUT2D eigenvalue weighted by atomic mass is 10.3. The van der Waals surface area contributed by atoms with Crippen LogP contribution in [0.4, 0.5) is 0 Å². The summed E-state index contributed by atoms with van der Waals surface area (Å²) in [5.74, 6) is 6.95. The van der Waals surface area contributed by atoms with Crippen molar-refractivity contribution >= 4 is 494 Å². The van der Waals surface area contributed by atoms with Crippen LogP contribution in [0.3, 0.4) is 0 Å². The van der Waals surface area contributed by atoms with Crippen LogP contribution >= 0.6 is 494 Å². The van der Waals surface area contributed by atoms with E-state index in [9.17, 15) is 30.6 Å². The fraction of sp³-hybridized carbons (Fsp3) is 0.0526. The van der Waals surface area contributed by atoms with Gasteiger partial charge in [0.15, 0.2) is 115 Å². The van der Waals surface area contributed by atoms with Crippen LogP contribution in [-0.4, -0.2) is 59.1 Å². The second kappa shape index (κ2) is 52.2. The maximum absolute atomic E-state index is 10.3. The molecule has 12 rings (SSSR count). The molecule has 0 saturated heterocycles. The Labute approximate surface area is 963 Å². The molecule has 0 saturated carbocycles. The van der Waals surface area contributed by atoms with Gasteiger partial charge in [-0.25, -0.2) is 0 Å². The molecule has 0 atom stereocenters. The zero-order valence-electron chi connectivity index (χ0n) is 60.0. The van der Waals surface area contributed by atoms with Gasteiger partial charge >= 0.3 is 0 Å². The number of rotatable bonds is 16. The Balaban J connectivity index is 0.000000203. The predicted molar refractivity (Wildman–Crippen MR) is 593 cm³/mol. The zero-order valence-corrected chi connectivity index (χ0v) is 109. The van der Waals surface area contributed by atoms with Crippen LogP contribution in [0.25, 0.3) is 0 Å². The van der Waals surface area contributed by atoms with Crippen molar-refractivity contribution < 1.29 is 78.0 Å². The second-order valence-electron chi connectivity index (χ2n) is 22.5. The molecule has 0 bridgehead atoms. The van der Waals surface area contributed by atoms with Crippen LogP contribution in [0.5, 0.6) is 126 Å². The Morgan fingerprint density at radius 3 is 0.902 bits per heavy atom. The lowest BCUT2D eigenvalue weighted by Crippen LogP contribution is -1.95. The zero-order chi connectivity index (χ0) is 92.1. The molecule has 123 heavy (non-hydrogen) atoms. The molecule has 0 fully saturated rings. The van der Waals surface area contributed by atoms with Gasteiger partial charge in [-0.2, -0.15) is 0 Å². The molecule has 0 aliphatic carbocycles. The first-order valence-electron chi connectivity index (χ1n) is 31.6. The van der Waals surface area contributed by atoms with E-state index in [1.807, 2.05) is 42.5 Å². The first kappa shape index (κ1) is 112. The molecule has 654 valence electrons. The molecule has 0 spiro atoms. The van der Waals surface area contributed by atoms with Crippen LogP contribution in [0, 0.1) is 0 Å². The van der Waals surface area contributed by atoms with Gasteiger partial charge in [0.05, 0.1) is 113 Å². The van der Waals surface area contributed by atoms with Crippen molar-refractivity contribution in [2.75, 3.05) is 28.4 Å². The highest BCUT2D eigenvalue weighted by Gasteiger charge is 2.28. The van der Waals surface area contributed by atoms with Gasteiger partial charge in [0.25, 0.3) is 0 Å². The molecule has 16 nitrogen and oxygen atoms in total. The number of phenolic OH excluding ortho intramolecular Hbond substituents is 6. The third kappa shape index (κ3) is 30.2. The summed E-state index contributed by atoms with van der Waals surface area (Å²) in [5, 5.41) is 60.7. The number of methoxy groups -OCH3 is 4. The van der Waals surface area contributed by atoms with E-state index in [1.165, 1.54) is 7.11 Å². The molecule has 6 N–H and O–H groups in total. The van der Waals surface area contributed by atoms with Crippen molar-refractivity contribution in [2.24, 2.45) is 0 Å². The summed E-state index contributed by atoms with van der Waals surface area (Å²) < 4.78 is 78.3. The third-order valence-corrected chi connectivity index (χ3v) is 40.5. The lowest BCUT2D eigenvalue weighted by Gasteiger charge is -2.17. The van der Waals surface area contributed by atoms with Crippen molar-refractivity contribution in [3.63, 3.8) is 0 Å². The van der Waals surface area contributed by atoms with Gasteiger partial charge in [0.2, 0.25) is 0 Å². The fourth-order valence-corrected chi connectivity index (χ4v) is 26.6. The van der Waals surface area contributed by atoms with Crippen LogP contribution in [0.15, 0.2) is 254 Å². The number of phenols is 6. The summed E-state index contributed by atoms with van der Waals surface area (Å²) in [5.41, 5.74) is 0. The van der Waals surface area contributed by atoms with E-state index in [2.05, 4.69) is 494 Å². The van der Waals surface area contributed by atoms with Gasteiger partial charge in [-0.15, -0.1) is 0 Å². The van der Waals surface area contributed by atoms with E-state index in [-0.39, 0.29) is 51.7 Å². The summed E-state index contributed by atoms with van der Waals surface area (Å²) in [6.45, 7) is 0. The molecule has 0 aliphatic heterocycles. The van der Waals surface area contributed by atoms with Gasteiger partial charge < -0.3 is 78.0 Å². The average molecular weight is 3680 g/mol. The number of hydrogen-bond acceptors (Lipinski definition) is 16. The highest BCUT2D eigenvalue weighted by Crippen LogP contribution is 2.58. The standard InChI is InChI=1S/2C13H6Br6O3.C13H7Br5O3.C13H8Br4O3.2C12H5Br5O2/c1-21-12-5(15)2-4(14)3-6(12)22-13-10(19)8(17)7(16)9(18)11(13)20;1-21-12-9(18)7(16)8(17)10(19)13(12)22-6-3-4(14)2-5(15)11(6)20;1-20-12-7(16)2-5(14)3-9(12)21-13-8(17)4-6(15)10(18)11(13)19;1-19-13-9(17)3-7(15)5-11(13)20-12-8(16)2-6(14)4-10(12)18;13-5-1-2-9(6(14)3-5)19-12-8(18)4-7(15)10(16)11(12)17;13-5-1-2-8(6(14)3-5)19-9-4-7(15)10(16)11(17)12(9)18/h2*2-3,20H,1H3;2-4,19H,1H3;2-5,18H,1H3;2*1-4,18H. The van der Waals surface area contributed by atoms with Crippen LogP contribution < -0.4 is 47.4 Å². The van der Waals surface area contributed by atoms with Crippen LogP contribution in [0.2, 0.25) is 0 Å². The first-order valence-corrected chi connectivity index (χ1v) is 56.2. The Morgan fingerprint density at radius 1 is 0.163 bits per heavy atom. The summed E-state index contributed by atoms with van der Waals surface area (Å²) in [7, 11) is 6.18. The molecule has 0 heterocycles. The Kier molecular flexibility index (Phi) is 47.7. The minimum atomic E-state index is -0.0416. The first-order chi connectivity index (χ1) is 57.6. The highest BCUT2D eigenvalue weighted by atomic mass is 79.9. The molecular weight excluding hydrogens is 3650 g/mol. The molecule has 0 radical (unpaired) electrons. The third-order valence-electron chi connectivity index (χ3n) is 14.5. The van der Waals surface area contributed by atoms with E-state index in [1.54, 1.807) is 94.1 Å². The van der Waals surface area contributed by atoms with Crippen molar-refractivity contribution in [1.29, 1.82) is 0 Å². The SMILES string of the molecule is COc1c(Br)c(Br)c(Br)c(Br)c1Oc1cc(Br)cc(Br)c1O.COc1c(Br)cc(Br)cc1Oc1c(Br)cc(Br)c(Br)c1O.COc1c(Br)cc(Br)cc1Oc1c(O)c(Br)c(Br)c(Br)c1Br.COc1c(Br)cc(Br)cc1Oc1c(O)cc(Br)cc1Br.Oc1c(Oc2ccc(Br)cc2Br)cc(Br)c(Br)c1Br.Oc1cc(Br)c(Br)c(Br)c1Oc1ccc(Br)cc1Br. The minimum absolute atomic E-state index is 0.00711. The van der Waals surface area contributed by atoms with Gasteiger partial charge in [-0.05, 0) is 492 Å². The van der Waals surface area contributed by atoms with E-state index in [0.717, 1.165) is 80.5 Å². The number of hydrogen-bond donors (Lipinski definition) is 6. The van der Waals surface area contributed by atoms with Crippen molar-refractivity contribution in [2.45, 2.75) is 0 Å². The van der Waals surface area contributed by atoms with Crippen molar-refractivity contribution in [3.8, 4) is 126 Å². The van der Waals surface area contributed by atoms with E-state index < -0.39 is 0 Å². The lowest BCUT2D eigenvalue weighted by molar-refractivity contribution is 0.362. The summed E-state index contributed by atoms with van der Waals surface area (Å²) in [6.07, 6.45) is 0. The average Bonchev–Trinajstić information content (AvgIpc) is 0.788. The number of halogens is 31. The molecule has 12 aromatic rings. The maximum atomic E-state index is 10.3. The predicted octanol–water partition coefficient (Wildman–Crippen LogP) is 42.8. The molecular formula is C76H37Br31O16. The summed E-state index contributed by atoms with van der Waals surface area (Å²) >= 11 is 105. The van der Waals surface area contributed by atoms with Gasteiger partial charge in [-0.3, -0.25) is 0 Å². The van der Waals surface area contributed by atoms with E-state index in [4.69, 9.17) is 47.4 Å². The normalized spacial score (nSPS) is 10.6. The topological polar surface area (TPSA) is 214 Å². The van der Waals surface area contributed by atoms with Crippen molar-refractivity contribution in [3.05, 3.63) is 254 Å². The minimum Gasteiger partial charge on any atom is -0.504 e. The Morgan fingerprint density at radius 2 is 0.455 bits per heavy atom. The molecule has 0 unspecified atom stereocenters. The maximum Gasteiger partial charge on any atom is 0.186 e. The van der Waals surface area contributed by atoms with Crippen molar-refractivity contribution in [1.82, 2.24) is 0 Å². The number of benzene rings is 12. The summed E-state index contributed by atoms with van der Waals surface area (Å²) in [6, 6.07) is 33.6. The quantitative estimate of drug-likeness (QED) is 0.0392. The molecule has 12 aromatic carbocycles. The van der Waals surface area contributed by atoms with Gasteiger partial charge in [0, 0.05) is 59.7 Å². The molecule has 0 aliphatic rings.